The highest BCUT2D eigenvalue weighted by Gasteiger charge is 2.19. The molecule has 0 spiro atoms. The monoisotopic (exact) mass is 594 g/mol. The maximum atomic E-state index is 12.5. The summed E-state index contributed by atoms with van der Waals surface area (Å²) in [6.45, 7) is 6.43. The molecule has 0 saturated carbocycles. The number of carbonyl (C=O) groups is 3. The normalized spacial score (nSPS) is 12.0. The number of hydrogen-bond acceptors (Lipinski definition) is 6. The Kier molecular flexibility index (Phi) is 30.7. The number of esters is 3. The lowest BCUT2D eigenvalue weighted by molar-refractivity contribution is -0.167. The molecule has 1 atom stereocenters. The first-order chi connectivity index (χ1) is 20.5. The molecule has 246 valence electrons. The second kappa shape index (κ2) is 32.1. The maximum Gasteiger partial charge on any atom is 0.306 e. The fourth-order valence-electron chi connectivity index (χ4n) is 4.79. The summed E-state index contributed by atoms with van der Waals surface area (Å²) >= 11 is 0. The summed E-state index contributed by atoms with van der Waals surface area (Å²) in [4.78, 5) is 37.0. The van der Waals surface area contributed by atoms with Gasteiger partial charge in [0, 0.05) is 19.3 Å². The predicted molar refractivity (Wildman–Crippen MR) is 173 cm³/mol. The molecule has 0 radical (unpaired) electrons. The molecule has 0 aromatic rings. The summed E-state index contributed by atoms with van der Waals surface area (Å²) < 4.78 is 16.4. The summed E-state index contributed by atoms with van der Waals surface area (Å²) in [5.74, 6) is -0.905. The first kappa shape index (κ1) is 40.1. The molecule has 0 bridgehead atoms. The van der Waals surface area contributed by atoms with E-state index in [4.69, 9.17) is 14.2 Å². The summed E-state index contributed by atoms with van der Waals surface area (Å²) in [6, 6.07) is 0. The first-order valence-electron chi connectivity index (χ1n) is 17.7. The average molecular weight is 595 g/mol. The van der Waals surface area contributed by atoms with Gasteiger partial charge in [0.05, 0.1) is 0 Å². The largest absolute Gasteiger partial charge is 0.462 e. The quantitative estimate of drug-likeness (QED) is 0.0344. The molecule has 0 aliphatic rings. The third kappa shape index (κ3) is 29.6. The molecule has 0 aromatic heterocycles. The Morgan fingerprint density at radius 1 is 0.452 bits per heavy atom. The molecule has 0 aliphatic carbocycles. The van der Waals surface area contributed by atoms with Crippen molar-refractivity contribution in [3.8, 4) is 0 Å². The van der Waals surface area contributed by atoms with Gasteiger partial charge in [-0.15, -0.1) is 0 Å². The van der Waals surface area contributed by atoms with Crippen LogP contribution in [0.25, 0.3) is 0 Å². The van der Waals surface area contributed by atoms with Crippen LogP contribution >= 0.6 is 0 Å². The fraction of sp³-hybridized carbons (Fsp3) is 0.861. The minimum absolute atomic E-state index is 0.0721. The molecule has 1 unspecified atom stereocenters. The van der Waals surface area contributed by atoms with Crippen LogP contribution in [0.1, 0.15) is 181 Å². The van der Waals surface area contributed by atoms with E-state index in [1.807, 2.05) is 0 Å². The zero-order valence-corrected chi connectivity index (χ0v) is 27.8. The lowest BCUT2D eigenvalue weighted by atomic mass is 10.1. The Morgan fingerprint density at radius 3 is 1.29 bits per heavy atom. The number of unbranched alkanes of at least 4 members (excludes halogenated alkanes) is 18. The Bertz CT molecular complexity index is 659. The van der Waals surface area contributed by atoms with Crippen LogP contribution in [0.15, 0.2) is 12.2 Å². The van der Waals surface area contributed by atoms with E-state index >= 15 is 0 Å². The minimum Gasteiger partial charge on any atom is -0.462 e. The zero-order valence-electron chi connectivity index (χ0n) is 27.8. The molecule has 0 saturated heterocycles. The average Bonchev–Trinajstić information content (AvgIpc) is 2.98. The molecule has 0 aliphatic heterocycles. The minimum atomic E-state index is -0.759. The van der Waals surface area contributed by atoms with Crippen molar-refractivity contribution in [1.29, 1.82) is 0 Å². The van der Waals surface area contributed by atoms with Gasteiger partial charge in [0.2, 0.25) is 0 Å². The second-order valence-electron chi connectivity index (χ2n) is 11.8. The summed E-state index contributed by atoms with van der Waals surface area (Å²) in [6.07, 6.45) is 29.4. The number of rotatable bonds is 31. The Balaban J connectivity index is 4.33. The molecule has 0 heterocycles. The highest BCUT2D eigenvalue weighted by Crippen LogP contribution is 2.13. The van der Waals surface area contributed by atoms with Crippen molar-refractivity contribution in [3.63, 3.8) is 0 Å². The van der Waals surface area contributed by atoms with Crippen LogP contribution in [-0.2, 0) is 28.6 Å². The van der Waals surface area contributed by atoms with Gasteiger partial charge >= 0.3 is 17.9 Å². The van der Waals surface area contributed by atoms with Crippen molar-refractivity contribution < 1.29 is 28.6 Å². The van der Waals surface area contributed by atoms with E-state index in [0.717, 1.165) is 77.0 Å². The van der Waals surface area contributed by atoms with E-state index in [1.54, 1.807) is 0 Å². The number of allylic oxidation sites excluding steroid dienone is 2. The predicted octanol–water partition coefficient (Wildman–Crippen LogP) is 10.4. The lowest BCUT2D eigenvalue weighted by Crippen LogP contribution is -2.30. The van der Waals surface area contributed by atoms with Crippen LogP contribution in [0, 0.1) is 0 Å². The lowest BCUT2D eigenvalue weighted by Gasteiger charge is -2.18. The molecule has 6 heteroatoms. The molecule has 6 nitrogen and oxygen atoms in total. The third-order valence-electron chi connectivity index (χ3n) is 7.50. The van der Waals surface area contributed by atoms with Gasteiger partial charge in [-0.2, -0.15) is 0 Å². The smallest absolute Gasteiger partial charge is 0.306 e. The highest BCUT2D eigenvalue weighted by molar-refractivity contribution is 5.71. The van der Waals surface area contributed by atoms with E-state index in [0.29, 0.717) is 19.3 Å². The molecule has 0 fully saturated rings. The van der Waals surface area contributed by atoms with Crippen LogP contribution < -0.4 is 0 Å². The van der Waals surface area contributed by atoms with Gasteiger partial charge in [0.1, 0.15) is 13.2 Å². The van der Waals surface area contributed by atoms with Gasteiger partial charge in [-0.25, -0.2) is 0 Å². The van der Waals surface area contributed by atoms with Crippen LogP contribution in [-0.4, -0.2) is 37.2 Å². The molecule has 42 heavy (non-hydrogen) atoms. The molecular weight excluding hydrogens is 528 g/mol. The van der Waals surface area contributed by atoms with Crippen molar-refractivity contribution in [3.05, 3.63) is 12.2 Å². The summed E-state index contributed by atoms with van der Waals surface area (Å²) in [5.41, 5.74) is 0. The summed E-state index contributed by atoms with van der Waals surface area (Å²) in [7, 11) is 0. The van der Waals surface area contributed by atoms with Gasteiger partial charge < -0.3 is 14.2 Å². The van der Waals surface area contributed by atoms with Gasteiger partial charge in [-0.05, 0) is 38.5 Å². The first-order valence-corrected chi connectivity index (χ1v) is 17.7. The van der Waals surface area contributed by atoms with Crippen molar-refractivity contribution in [2.75, 3.05) is 13.2 Å². The van der Waals surface area contributed by atoms with Crippen LogP contribution in [0.2, 0.25) is 0 Å². The van der Waals surface area contributed by atoms with Gasteiger partial charge in [0.25, 0.3) is 0 Å². The molecule has 0 amide bonds. The number of carbonyl (C=O) groups excluding carboxylic acids is 3. The van der Waals surface area contributed by atoms with Crippen molar-refractivity contribution in [2.45, 2.75) is 187 Å². The van der Waals surface area contributed by atoms with Gasteiger partial charge in [-0.3, -0.25) is 14.4 Å². The molecular formula is C36H66O6. The van der Waals surface area contributed by atoms with Crippen LogP contribution in [0.4, 0.5) is 0 Å². The van der Waals surface area contributed by atoms with E-state index < -0.39 is 6.10 Å². The molecule has 0 rings (SSSR count). The van der Waals surface area contributed by atoms with Crippen LogP contribution in [0.5, 0.6) is 0 Å². The second-order valence-corrected chi connectivity index (χ2v) is 11.8. The number of ether oxygens (including phenoxy) is 3. The van der Waals surface area contributed by atoms with Crippen molar-refractivity contribution in [1.82, 2.24) is 0 Å². The van der Waals surface area contributed by atoms with E-state index in [2.05, 4.69) is 32.9 Å². The highest BCUT2D eigenvalue weighted by atomic mass is 16.6. The van der Waals surface area contributed by atoms with E-state index in [1.165, 1.54) is 64.2 Å². The summed E-state index contributed by atoms with van der Waals surface area (Å²) in [5, 5.41) is 0. The standard InChI is InChI=1S/C36H66O6/c1-4-7-10-13-15-17-19-20-23-26-29-35(38)41-32-33(31-40-34(37)28-25-22-12-9-6-3)42-36(39)30-27-24-21-18-16-14-11-8-5-2/h10,13,33H,4-9,11-12,14-32H2,1-3H3/b13-10-. The Labute approximate surface area is 259 Å². The third-order valence-corrected chi connectivity index (χ3v) is 7.50. The van der Waals surface area contributed by atoms with Crippen LogP contribution in [0.3, 0.4) is 0 Å². The fourth-order valence-corrected chi connectivity index (χ4v) is 4.79. The Morgan fingerprint density at radius 2 is 0.833 bits per heavy atom. The SMILES string of the molecule is CCC/C=C\CCCCCCCC(=O)OCC(COC(=O)CCCCCCC)OC(=O)CCCCCCCCCCC. The van der Waals surface area contributed by atoms with Crippen molar-refractivity contribution in [2.24, 2.45) is 0 Å². The molecule has 0 N–H and O–H groups in total. The Hall–Kier alpha value is -1.85. The van der Waals surface area contributed by atoms with E-state index in [9.17, 15) is 14.4 Å². The van der Waals surface area contributed by atoms with Gasteiger partial charge in [0.15, 0.2) is 6.10 Å². The van der Waals surface area contributed by atoms with Gasteiger partial charge in [-0.1, -0.05) is 136 Å². The number of hydrogen-bond donors (Lipinski definition) is 0. The van der Waals surface area contributed by atoms with E-state index in [-0.39, 0.29) is 31.1 Å². The maximum absolute atomic E-state index is 12.5. The van der Waals surface area contributed by atoms with Crippen molar-refractivity contribution >= 4 is 17.9 Å². The topological polar surface area (TPSA) is 78.9 Å². The zero-order chi connectivity index (χ0) is 30.9. The molecule has 0 aromatic carbocycles.